The van der Waals surface area contributed by atoms with Gasteiger partial charge in [-0.1, -0.05) is 50.8 Å². The molecule has 2 aliphatic carbocycles. The number of unbranched alkanes of at least 4 members (excludes halogenated alkanes) is 5. The Morgan fingerprint density at radius 3 is 2.75 bits per heavy atom. The van der Waals surface area contributed by atoms with Gasteiger partial charge in [-0.3, -0.25) is 0 Å². The number of fused-ring (bicyclic) bond motifs is 2. The van der Waals surface area contributed by atoms with Crippen molar-refractivity contribution in [3.63, 3.8) is 0 Å². The molecular weight excluding hydrogens is 192 g/mol. The summed E-state index contributed by atoms with van der Waals surface area (Å²) in [6.07, 6.45) is 20.0. The van der Waals surface area contributed by atoms with Gasteiger partial charge in [0.25, 0.3) is 0 Å². The Labute approximate surface area is 101 Å². The normalized spacial score (nSPS) is 27.9. The molecule has 2 rings (SSSR count). The maximum atomic E-state index is 2.53. The number of rotatable bonds is 7. The summed E-state index contributed by atoms with van der Waals surface area (Å²) in [5, 5.41) is 0. The van der Waals surface area contributed by atoms with Crippen molar-refractivity contribution in [2.45, 2.75) is 64.7 Å². The molecule has 90 valence electrons. The Balaban J connectivity index is 1.58. The second kappa shape index (κ2) is 6.27. The fourth-order valence-electron chi connectivity index (χ4n) is 3.16. The molecule has 0 amide bonds. The van der Waals surface area contributed by atoms with Crippen LogP contribution in [0.15, 0.2) is 23.8 Å². The minimum absolute atomic E-state index is 0.932. The monoisotopic (exact) mass is 218 g/mol. The molecule has 2 aliphatic rings. The lowest BCUT2D eigenvalue weighted by atomic mass is 9.98. The quantitative estimate of drug-likeness (QED) is 0.511. The molecule has 0 saturated heterocycles. The molecule has 0 heteroatoms. The van der Waals surface area contributed by atoms with Crippen LogP contribution < -0.4 is 0 Å². The van der Waals surface area contributed by atoms with Gasteiger partial charge in [0.1, 0.15) is 0 Å². The Morgan fingerprint density at radius 2 is 2.06 bits per heavy atom. The van der Waals surface area contributed by atoms with Crippen molar-refractivity contribution in [3.05, 3.63) is 23.8 Å². The first-order valence-electron chi connectivity index (χ1n) is 7.28. The first-order chi connectivity index (χ1) is 7.90. The van der Waals surface area contributed by atoms with Crippen molar-refractivity contribution in [1.82, 2.24) is 0 Å². The van der Waals surface area contributed by atoms with E-state index in [0.717, 1.165) is 11.8 Å². The second-order valence-electron chi connectivity index (χ2n) is 5.54. The van der Waals surface area contributed by atoms with Gasteiger partial charge in [-0.15, -0.1) is 0 Å². The Kier molecular flexibility index (Phi) is 4.69. The van der Waals surface area contributed by atoms with Crippen molar-refractivity contribution in [2.75, 3.05) is 0 Å². The maximum absolute atomic E-state index is 2.53. The minimum atomic E-state index is 0.932. The van der Waals surface area contributed by atoms with E-state index in [1.54, 1.807) is 5.57 Å². The van der Waals surface area contributed by atoms with Gasteiger partial charge in [-0.05, 0) is 49.5 Å². The minimum Gasteiger partial charge on any atom is -0.0843 e. The zero-order chi connectivity index (χ0) is 11.2. The number of allylic oxidation sites excluding steroid dienone is 4. The van der Waals surface area contributed by atoms with Crippen LogP contribution >= 0.6 is 0 Å². The van der Waals surface area contributed by atoms with Crippen LogP contribution in [0.2, 0.25) is 0 Å². The van der Waals surface area contributed by atoms with Crippen LogP contribution in [-0.2, 0) is 0 Å². The molecule has 0 heterocycles. The van der Waals surface area contributed by atoms with Crippen LogP contribution in [0.1, 0.15) is 64.7 Å². The molecule has 0 aromatic carbocycles. The van der Waals surface area contributed by atoms with Gasteiger partial charge in [0, 0.05) is 0 Å². The molecule has 0 spiro atoms. The molecule has 2 unspecified atom stereocenters. The zero-order valence-corrected chi connectivity index (χ0v) is 10.8. The SMILES string of the molecule is CCCCCCCC=CC1=CC2CCC1C2. The summed E-state index contributed by atoms with van der Waals surface area (Å²) in [6.45, 7) is 2.28. The van der Waals surface area contributed by atoms with Gasteiger partial charge >= 0.3 is 0 Å². The summed E-state index contributed by atoms with van der Waals surface area (Å²) in [6, 6.07) is 0. The van der Waals surface area contributed by atoms with Gasteiger partial charge in [-0.2, -0.15) is 0 Å². The Morgan fingerprint density at radius 1 is 1.19 bits per heavy atom. The second-order valence-corrected chi connectivity index (χ2v) is 5.54. The highest BCUT2D eigenvalue weighted by molar-refractivity contribution is 5.29. The Bertz CT molecular complexity index is 259. The molecule has 1 fully saturated rings. The molecule has 0 aliphatic heterocycles. The van der Waals surface area contributed by atoms with E-state index in [-0.39, 0.29) is 0 Å². The van der Waals surface area contributed by atoms with Gasteiger partial charge < -0.3 is 0 Å². The highest BCUT2D eigenvalue weighted by Gasteiger charge is 2.30. The zero-order valence-electron chi connectivity index (χ0n) is 10.8. The van der Waals surface area contributed by atoms with Gasteiger partial charge in [-0.25, -0.2) is 0 Å². The van der Waals surface area contributed by atoms with E-state index >= 15 is 0 Å². The van der Waals surface area contributed by atoms with Gasteiger partial charge in [0.15, 0.2) is 0 Å². The number of hydrogen-bond acceptors (Lipinski definition) is 0. The molecule has 16 heavy (non-hydrogen) atoms. The largest absolute Gasteiger partial charge is 0.0843 e. The Hall–Kier alpha value is -0.520. The molecule has 0 nitrogen and oxygen atoms in total. The van der Waals surface area contributed by atoms with Gasteiger partial charge in [0.05, 0.1) is 0 Å². The molecule has 2 atom stereocenters. The predicted molar refractivity (Wildman–Crippen MR) is 71.4 cm³/mol. The maximum Gasteiger partial charge on any atom is -0.0159 e. The van der Waals surface area contributed by atoms with E-state index in [4.69, 9.17) is 0 Å². The lowest BCUT2D eigenvalue weighted by Crippen LogP contribution is -1.93. The predicted octanol–water partition coefficient (Wildman–Crippen LogP) is 5.26. The van der Waals surface area contributed by atoms with Gasteiger partial charge in [0.2, 0.25) is 0 Å². The van der Waals surface area contributed by atoms with E-state index < -0.39 is 0 Å². The average Bonchev–Trinajstić information content (AvgIpc) is 2.90. The fourth-order valence-corrected chi connectivity index (χ4v) is 3.16. The van der Waals surface area contributed by atoms with E-state index in [1.165, 1.54) is 57.8 Å². The molecule has 2 bridgehead atoms. The standard InChI is InChI=1S/C16H26/c1-2-3-4-5-6-7-8-9-15-12-14-10-11-16(15)13-14/h8-9,12,14,16H,2-7,10-11,13H2,1H3. The van der Waals surface area contributed by atoms with Crippen molar-refractivity contribution in [2.24, 2.45) is 11.8 Å². The molecule has 0 N–H and O–H groups in total. The van der Waals surface area contributed by atoms with Crippen molar-refractivity contribution in [1.29, 1.82) is 0 Å². The van der Waals surface area contributed by atoms with Crippen molar-refractivity contribution in [3.8, 4) is 0 Å². The molecule has 1 saturated carbocycles. The third-order valence-electron chi connectivity index (χ3n) is 4.16. The van der Waals surface area contributed by atoms with Crippen molar-refractivity contribution < 1.29 is 0 Å². The summed E-state index contributed by atoms with van der Waals surface area (Å²) in [4.78, 5) is 0. The summed E-state index contributed by atoms with van der Waals surface area (Å²) >= 11 is 0. The third kappa shape index (κ3) is 3.23. The first kappa shape index (κ1) is 12.0. The van der Waals surface area contributed by atoms with Crippen LogP contribution in [-0.4, -0.2) is 0 Å². The van der Waals surface area contributed by atoms with Crippen LogP contribution in [0.25, 0.3) is 0 Å². The van der Waals surface area contributed by atoms with Crippen LogP contribution in [0.4, 0.5) is 0 Å². The highest BCUT2D eigenvalue weighted by Crippen LogP contribution is 2.44. The van der Waals surface area contributed by atoms with Crippen molar-refractivity contribution >= 4 is 0 Å². The smallest absolute Gasteiger partial charge is 0.0159 e. The summed E-state index contributed by atoms with van der Waals surface area (Å²) in [5.74, 6) is 1.87. The topological polar surface area (TPSA) is 0 Å². The fraction of sp³-hybridized carbons (Fsp3) is 0.750. The van der Waals surface area contributed by atoms with Crippen LogP contribution in [0.5, 0.6) is 0 Å². The average molecular weight is 218 g/mol. The van der Waals surface area contributed by atoms with Crippen LogP contribution in [0, 0.1) is 11.8 Å². The lowest BCUT2D eigenvalue weighted by molar-refractivity contribution is 0.636. The van der Waals surface area contributed by atoms with E-state index in [0.29, 0.717) is 0 Å². The molecule has 0 aromatic heterocycles. The molecule has 0 radical (unpaired) electrons. The van der Waals surface area contributed by atoms with Crippen LogP contribution in [0.3, 0.4) is 0 Å². The summed E-state index contributed by atoms with van der Waals surface area (Å²) in [7, 11) is 0. The first-order valence-corrected chi connectivity index (χ1v) is 7.28. The third-order valence-corrected chi connectivity index (χ3v) is 4.16. The lowest BCUT2D eigenvalue weighted by Gasteiger charge is -2.08. The van der Waals surface area contributed by atoms with E-state index in [9.17, 15) is 0 Å². The molecule has 0 aromatic rings. The highest BCUT2D eigenvalue weighted by atomic mass is 14.4. The summed E-state index contributed by atoms with van der Waals surface area (Å²) in [5.41, 5.74) is 1.66. The summed E-state index contributed by atoms with van der Waals surface area (Å²) < 4.78 is 0. The number of hydrogen-bond donors (Lipinski definition) is 0. The molecular formula is C16H26. The van der Waals surface area contributed by atoms with E-state index in [1.807, 2.05) is 0 Å². The van der Waals surface area contributed by atoms with E-state index in [2.05, 4.69) is 25.2 Å².